The van der Waals surface area contributed by atoms with Crippen molar-refractivity contribution in [3.63, 3.8) is 0 Å². The lowest BCUT2D eigenvalue weighted by atomic mass is 9.80. The van der Waals surface area contributed by atoms with E-state index < -0.39 is 0 Å². The van der Waals surface area contributed by atoms with Crippen molar-refractivity contribution >= 4 is 11.7 Å². The molecule has 0 aliphatic carbocycles. The number of Topliss-reactive ketones (excluding diaryl/α,β-unsaturated/α-hetero) is 1. The molecule has 3 nitrogen and oxygen atoms in total. The van der Waals surface area contributed by atoms with Crippen molar-refractivity contribution in [1.82, 2.24) is 4.90 Å². The smallest absolute Gasteiger partial charge is 0.223 e. The van der Waals surface area contributed by atoms with Gasteiger partial charge < -0.3 is 4.90 Å². The minimum Gasteiger partial charge on any atom is -0.342 e. The molecule has 1 aliphatic heterocycles. The highest BCUT2D eigenvalue weighted by Gasteiger charge is 2.33. The fraction of sp³-hybridized carbons (Fsp3) is 0.882. The minimum atomic E-state index is 0.0190. The summed E-state index contributed by atoms with van der Waals surface area (Å²) in [6.07, 6.45) is 2.43. The van der Waals surface area contributed by atoms with Crippen LogP contribution in [-0.4, -0.2) is 29.7 Å². The molecular formula is C17H31NO2. The summed E-state index contributed by atoms with van der Waals surface area (Å²) in [6.45, 7) is 14.6. The standard InChI is InChI=1S/C17H31NO2/c1-16(2,3)11-14(19)7-8-15(20)18-10-9-13(12-18)17(4,5)6/h13H,7-12H2,1-6H3. The molecule has 1 rings (SSSR count). The average molecular weight is 281 g/mol. The van der Waals surface area contributed by atoms with Gasteiger partial charge in [-0.05, 0) is 23.2 Å². The first-order valence-electron chi connectivity index (χ1n) is 7.78. The first-order valence-corrected chi connectivity index (χ1v) is 7.78. The van der Waals surface area contributed by atoms with E-state index in [9.17, 15) is 9.59 Å². The second-order valence-corrected chi connectivity index (χ2v) is 8.47. The number of nitrogens with zero attached hydrogens (tertiary/aromatic N) is 1. The van der Waals surface area contributed by atoms with Crippen LogP contribution in [0, 0.1) is 16.7 Å². The number of carbonyl (C=O) groups is 2. The molecule has 0 aromatic carbocycles. The zero-order valence-corrected chi connectivity index (χ0v) is 14.1. The van der Waals surface area contributed by atoms with E-state index in [-0.39, 0.29) is 22.5 Å². The number of hydrogen-bond acceptors (Lipinski definition) is 2. The van der Waals surface area contributed by atoms with Crippen LogP contribution in [-0.2, 0) is 9.59 Å². The summed E-state index contributed by atoms with van der Waals surface area (Å²) in [4.78, 5) is 25.9. The van der Waals surface area contributed by atoms with Gasteiger partial charge in [-0.25, -0.2) is 0 Å². The molecule has 0 bridgehead atoms. The van der Waals surface area contributed by atoms with Gasteiger partial charge >= 0.3 is 0 Å². The lowest BCUT2D eigenvalue weighted by molar-refractivity contribution is -0.132. The Kier molecular flexibility index (Phi) is 5.39. The van der Waals surface area contributed by atoms with Crippen molar-refractivity contribution < 1.29 is 9.59 Å². The molecule has 1 saturated heterocycles. The zero-order valence-electron chi connectivity index (χ0n) is 14.1. The predicted molar refractivity (Wildman–Crippen MR) is 82.5 cm³/mol. The Morgan fingerprint density at radius 2 is 1.65 bits per heavy atom. The number of amides is 1. The molecule has 1 heterocycles. The van der Waals surface area contributed by atoms with Gasteiger partial charge in [0.15, 0.2) is 0 Å². The van der Waals surface area contributed by atoms with E-state index >= 15 is 0 Å². The second kappa shape index (κ2) is 6.28. The van der Waals surface area contributed by atoms with Gasteiger partial charge in [-0.15, -0.1) is 0 Å². The molecule has 3 heteroatoms. The molecule has 0 aromatic heterocycles. The molecule has 20 heavy (non-hydrogen) atoms. The van der Waals surface area contributed by atoms with E-state index in [4.69, 9.17) is 0 Å². The van der Waals surface area contributed by atoms with Gasteiger partial charge in [-0.3, -0.25) is 9.59 Å². The van der Waals surface area contributed by atoms with Crippen molar-refractivity contribution in [2.24, 2.45) is 16.7 Å². The molecule has 0 aromatic rings. The van der Waals surface area contributed by atoms with E-state index in [1.165, 1.54) is 0 Å². The zero-order chi connectivity index (χ0) is 15.6. The van der Waals surface area contributed by atoms with Gasteiger partial charge in [0, 0.05) is 32.4 Å². The summed E-state index contributed by atoms with van der Waals surface area (Å²) in [5, 5.41) is 0. The number of hydrogen-bond donors (Lipinski definition) is 0. The Morgan fingerprint density at radius 1 is 1.05 bits per heavy atom. The number of likely N-dealkylation sites (tertiary alicyclic amines) is 1. The Hall–Kier alpha value is -0.860. The highest BCUT2D eigenvalue weighted by atomic mass is 16.2. The SMILES string of the molecule is CC(C)(C)CC(=O)CCC(=O)N1CCC(C(C)(C)C)C1. The van der Waals surface area contributed by atoms with Crippen LogP contribution in [0.3, 0.4) is 0 Å². The third-order valence-corrected chi connectivity index (χ3v) is 4.11. The third kappa shape index (κ3) is 5.64. The monoisotopic (exact) mass is 281 g/mol. The highest BCUT2D eigenvalue weighted by molar-refractivity contribution is 5.85. The molecule has 116 valence electrons. The summed E-state index contributed by atoms with van der Waals surface area (Å²) in [7, 11) is 0. The summed E-state index contributed by atoms with van der Waals surface area (Å²) in [5.74, 6) is 0.938. The minimum absolute atomic E-state index is 0.0190. The van der Waals surface area contributed by atoms with Crippen molar-refractivity contribution in [3.05, 3.63) is 0 Å². The average Bonchev–Trinajstić information content (AvgIpc) is 2.72. The fourth-order valence-electron chi connectivity index (χ4n) is 2.78. The molecule has 0 radical (unpaired) electrons. The van der Waals surface area contributed by atoms with Crippen LogP contribution in [0.2, 0.25) is 0 Å². The Balaban J connectivity index is 2.36. The molecule has 1 atom stereocenters. The van der Waals surface area contributed by atoms with Gasteiger partial charge in [0.25, 0.3) is 0 Å². The summed E-state index contributed by atoms with van der Waals surface area (Å²) in [5.41, 5.74) is 0.280. The van der Waals surface area contributed by atoms with Crippen LogP contribution < -0.4 is 0 Å². The topological polar surface area (TPSA) is 37.4 Å². The Bertz CT molecular complexity index is 360. The first-order chi connectivity index (χ1) is 8.99. The molecule has 1 fully saturated rings. The maximum atomic E-state index is 12.2. The van der Waals surface area contributed by atoms with E-state index in [0.29, 0.717) is 25.2 Å². The van der Waals surface area contributed by atoms with E-state index in [1.807, 2.05) is 4.90 Å². The fourth-order valence-corrected chi connectivity index (χ4v) is 2.78. The summed E-state index contributed by atoms with van der Waals surface area (Å²) >= 11 is 0. The van der Waals surface area contributed by atoms with Crippen LogP contribution in [0.25, 0.3) is 0 Å². The van der Waals surface area contributed by atoms with Crippen LogP contribution in [0.15, 0.2) is 0 Å². The Morgan fingerprint density at radius 3 is 2.10 bits per heavy atom. The van der Waals surface area contributed by atoms with Crippen LogP contribution in [0.5, 0.6) is 0 Å². The van der Waals surface area contributed by atoms with E-state index in [0.717, 1.165) is 19.5 Å². The highest BCUT2D eigenvalue weighted by Crippen LogP contribution is 2.33. The molecule has 1 unspecified atom stereocenters. The van der Waals surface area contributed by atoms with E-state index in [2.05, 4.69) is 41.5 Å². The van der Waals surface area contributed by atoms with Crippen molar-refractivity contribution in [1.29, 1.82) is 0 Å². The summed E-state index contributed by atoms with van der Waals surface area (Å²) in [6, 6.07) is 0. The molecule has 1 amide bonds. The number of ketones is 1. The predicted octanol–water partition coefficient (Wildman–Crippen LogP) is 3.67. The number of carbonyl (C=O) groups excluding carboxylic acids is 2. The number of rotatable bonds is 4. The summed E-state index contributed by atoms with van der Waals surface area (Å²) < 4.78 is 0. The molecule has 0 saturated carbocycles. The quantitative estimate of drug-likeness (QED) is 0.788. The lowest BCUT2D eigenvalue weighted by Gasteiger charge is -2.27. The van der Waals surface area contributed by atoms with E-state index in [1.54, 1.807) is 0 Å². The van der Waals surface area contributed by atoms with Crippen molar-refractivity contribution in [2.45, 2.75) is 67.2 Å². The largest absolute Gasteiger partial charge is 0.342 e. The maximum absolute atomic E-state index is 12.2. The van der Waals surface area contributed by atoms with Crippen LogP contribution >= 0.6 is 0 Å². The third-order valence-electron chi connectivity index (χ3n) is 4.11. The van der Waals surface area contributed by atoms with Crippen molar-refractivity contribution in [3.8, 4) is 0 Å². The van der Waals surface area contributed by atoms with Crippen molar-refractivity contribution in [2.75, 3.05) is 13.1 Å². The van der Waals surface area contributed by atoms with Gasteiger partial charge in [-0.2, -0.15) is 0 Å². The first kappa shape index (κ1) is 17.2. The van der Waals surface area contributed by atoms with Gasteiger partial charge in [0.05, 0.1) is 0 Å². The molecule has 0 N–H and O–H groups in total. The molecule has 1 aliphatic rings. The van der Waals surface area contributed by atoms with Gasteiger partial charge in [-0.1, -0.05) is 41.5 Å². The normalized spacial score (nSPS) is 20.3. The van der Waals surface area contributed by atoms with Gasteiger partial charge in [0.2, 0.25) is 5.91 Å². The van der Waals surface area contributed by atoms with Gasteiger partial charge in [0.1, 0.15) is 5.78 Å². The molecule has 0 spiro atoms. The Labute approximate surface area is 124 Å². The maximum Gasteiger partial charge on any atom is 0.223 e. The van der Waals surface area contributed by atoms with Crippen LogP contribution in [0.1, 0.15) is 67.2 Å². The molecular weight excluding hydrogens is 250 g/mol. The van der Waals surface area contributed by atoms with Crippen LogP contribution in [0.4, 0.5) is 0 Å². The lowest BCUT2D eigenvalue weighted by Crippen LogP contribution is -2.31. The second-order valence-electron chi connectivity index (χ2n) is 8.47.